The molecular weight excluding hydrogens is 324 g/mol. The van der Waals surface area contributed by atoms with Crippen molar-refractivity contribution in [1.29, 1.82) is 0 Å². The smallest absolute Gasteiger partial charge is 0.136 e. The molecule has 0 unspecified atom stereocenters. The number of hydrogen-bond donors (Lipinski definition) is 2. The van der Waals surface area contributed by atoms with Gasteiger partial charge in [-0.15, -0.1) is 16.5 Å². The van der Waals surface area contributed by atoms with Crippen LogP contribution in [-0.2, 0) is 17.8 Å². The molecule has 2 N–H and O–H groups in total. The Morgan fingerprint density at radius 2 is 2.00 bits per heavy atom. The summed E-state index contributed by atoms with van der Waals surface area (Å²) in [5, 5.41) is 3.48. The van der Waals surface area contributed by atoms with Crippen LogP contribution >= 0.6 is 11.8 Å². The lowest BCUT2D eigenvalue weighted by molar-refractivity contribution is 0.163. The molecule has 128 valence electrons. The second-order valence-corrected chi connectivity index (χ2v) is 10.7. The summed E-state index contributed by atoms with van der Waals surface area (Å²) < 4.78 is 16.1. The predicted molar refractivity (Wildman–Crippen MR) is 100 cm³/mol. The number of piperidine rings is 1. The Kier molecular flexibility index (Phi) is 5.06. The van der Waals surface area contributed by atoms with Crippen molar-refractivity contribution in [3.63, 3.8) is 0 Å². The normalized spacial score (nSPS) is 24.7. The summed E-state index contributed by atoms with van der Waals surface area (Å²) in [7, 11) is 0. The lowest BCUT2D eigenvalue weighted by Gasteiger charge is -2.40. The van der Waals surface area contributed by atoms with Crippen molar-refractivity contribution in [2.45, 2.75) is 55.7 Å². The Labute approximate surface area is 147 Å². The van der Waals surface area contributed by atoms with E-state index in [0.29, 0.717) is 0 Å². The molecule has 1 fully saturated rings. The molecule has 23 heavy (non-hydrogen) atoms. The molecule has 1 heterocycles. The number of thioether (sulfide) groups is 1. The Balaban J connectivity index is 1.96. The van der Waals surface area contributed by atoms with Crippen LogP contribution in [-0.4, -0.2) is 28.6 Å². The molecule has 3 nitrogen and oxygen atoms in total. The van der Waals surface area contributed by atoms with E-state index in [-0.39, 0.29) is 16.2 Å². The zero-order valence-electron chi connectivity index (χ0n) is 14.6. The first-order valence-electron chi connectivity index (χ1n) is 8.41. The Hall–Kier alpha value is -0.200. The van der Waals surface area contributed by atoms with Gasteiger partial charge < -0.3 is 9.87 Å². The second-order valence-electron chi connectivity index (χ2n) is 7.79. The average molecular weight is 353 g/mol. The van der Waals surface area contributed by atoms with Gasteiger partial charge in [0.2, 0.25) is 0 Å². The van der Waals surface area contributed by atoms with Gasteiger partial charge in [0.1, 0.15) is 4.75 Å². The first-order valence-corrected chi connectivity index (χ1v) is 10.8. The van der Waals surface area contributed by atoms with Crippen molar-refractivity contribution in [2.24, 2.45) is 5.41 Å². The highest BCUT2D eigenvalue weighted by Crippen LogP contribution is 2.52. The molecule has 0 saturated carbocycles. The molecule has 2 aliphatic rings. The fraction of sp³-hybridized carbons (Fsp3) is 0.667. The van der Waals surface area contributed by atoms with E-state index in [1.54, 1.807) is 11.8 Å². The fourth-order valence-electron chi connectivity index (χ4n) is 3.80. The van der Waals surface area contributed by atoms with Gasteiger partial charge in [0.15, 0.2) is 0 Å². The van der Waals surface area contributed by atoms with Crippen LogP contribution in [0.3, 0.4) is 0 Å². The Morgan fingerprint density at radius 1 is 1.30 bits per heavy atom. The quantitative estimate of drug-likeness (QED) is 0.646. The molecule has 0 amide bonds. The van der Waals surface area contributed by atoms with E-state index in [1.807, 2.05) is 20.8 Å². The third kappa shape index (κ3) is 3.45. The zero-order chi connectivity index (χ0) is 16.7. The van der Waals surface area contributed by atoms with E-state index in [0.717, 1.165) is 32.4 Å². The van der Waals surface area contributed by atoms with E-state index < -0.39 is 11.4 Å². The Morgan fingerprint density at radius 3 is 2.61 bits per heavy atom. The van der Waals surface area contributed by atoms with Crippen LogP contribution in [0.25, 0.3) is 0 Å². The molecule has 0 aromatic heterocycles. The summed E-state index contributed by atoms with van der Waals surface area (Å²) >= 11 is 0.732. The maximum atomic E-state index is 12.8. The fourth-order valence-corrected chi connectivity index (χ4v) is 5.20. The molecule has 0 radical (unpaired) electrons. The van der Waals surface area contributed by atoms with Crippen molar-refractivity contribution in [3.8, 4) is 0 Å². The standard InChI is InChI=1S/C18H28N2OS2/c1-17(2,3)23(21)20-16-15-11-14(22-4)6-5-13(15)12-18(16)7-9-19-10-8-18/h5-6,11,16,19-20H,7-10,12H2,1-4H3/t16-,23-/m1/s1. The lowest BCUT2D eigenvalue weighted by atomic mass is 9.73. The monoisotopic (exact) mass is 352 g/mol. The van der Waals surface area contributed by atoms with E-state index in [1.165, 1.54) is 16.0 Å². The highest BCUT2D eigenvalue weighted by molar-refractivity contribution is 7.98. The highest BCUT2D eigenvalue weighted by Gasteiger charge is 2.49. The SMILES string of the molecule is CSc1ccc2c(c1)[C@@H](N[S@+]([O-])C(C)(C)C)C1(CCNCC1)C2. The molecule has 1 saturated heterocycles. The van der Waals surface area contributed by atoms with Gasteiger partial charge in [-0.3, -0.25) is 0 Å². The van der Waals surface area contributed by atoms with Crippen LogP contribution in [0.15, 0.2) is 23.1 Å². The Bertz CT molecular complexity index is 565. The van der Waals surface area contributed by atoms with Gasteiger partial charge in [0, 0.05) is 21.7 Å². The maximum Gasteiger partial charge on any atom is 0.136 e. The van der Waals surface area contributed by atoms with Gasteiger partial charge in [-0.05, 0) is 82.6 Å². The van der Waals surface area contributed by atoms with Gasteiger partial charge in [0.25, 0.3) is 0 Å². The molecule has 1 spiro atoms. The maximum absolute atomic E-state index is 12.8. The molecule has 0 bridgehead atoms. The van der Waals surface area contributed by atoms with Gasteiger partial charge in [0.05, 0.1) is 6.04 Å². The van der Waals surface area contributed by atoms with Crippen molar-refractivity contribution >= 4 is 23.1 Å². The van der Waals surface area contributed by atoms with Gasteiger partial charge in [-0.2, -0.15) is 0 Å². The van der Waals surface area contributed by atoms with Crippen LogP contribution in [0.2, 0.25) is 0 Å². The molecule has 3 rings (SSSR count). The first kappa shape index (κ1) is 17.6. The number of benzene rings is 1. The number of hydrogen-bond acceptors (Lipinski definition) is 4. The molecule has 1 aliphatic carbocycles. The summed E-state index contributed by atoms with van der Waals surface area (Å²) in [5.41, 5.74) is 3.02. The molecule has 2 atom stereocenters. The van der Waals surface area contributed by atoms with Crippen molar-refractivity contribution < 1.29 is 4.55 Å². The third-order valence-electron chi connectivity index (χ3n) is 5.20. The van der Waals surface area contributed by atoms with Crippen LogP contribution < -0.4 is 10.0 Å². The van der Waals surface area contributed by atoms with Gasteiger partial charge >= 0.3 is 0 Å². The minimum Gasteiger partial charge on any atom is -0.598 e. The summed E-state index contributed by atoms with van der Waals surface area (Å²) in [6, 6.07) is 7.02. The topological polar surface area (TPSA) is 47.1 Å². The van der Waals surface area contributed by atoms with E-state index >= 15 is 0 Å². The first-order chi connectivity index (χ1) is 10.9. The minimum absolute atomic E-state index is 0.201. The minimum atomic E-state index is -1.05. The number of nitrogens with one attached hydrogen (secondary N) is 2. The largest absolute Gasteiger partial charge is 0.598 e. The summed E-state index contributed by atoms with van der Waals surface area (Å²) in [4.78, 5) is 1.29. The van der Waals surface area contributed by atoms with Crippen LogP contribution in [0.5, 0.6) is 0 Å². The van der Waals surface area contributed by atoms with E-state index in [2.05, 4.69) is 34.5 Å². The second kappa shape index (κ2) is 6.60. The van der Waals surface area contributed by atoms with Crippen LogP contribution in [0, 0.1) is 5.41 Å². The van der Waals surface area contributed by atoms with Crippen molar-refractivity contribution in [2.75, 3.05) is 19.3 Å². The average Bonchev–Trinajstić information content (AvgIpc) is 2.79. The van der Waals surface area contributed by atoms with Gasteiger partial charge in [-0.1, -0.05) is 6.07 Å². The molecule has 1 aromatic carbocycles. The van der Waals surface area contributed by atoms with Gasteiger partial charge in [-0.25, -0.2) is 0 Å². The number of fused-ring (bicyclic) bond motifs is 1. The van der Waals surface area contributed by atoms with Crippen molar-refractivity contribution in [1.82, 2.24) is 10.0 Å². The van der Waals surface area contributed by atoms with Crippen LogP contribution in [0.4, 0.5) is 0 Å². The van der Waals surface area contributed by atoms with E-state index in [9.17, 15) is 4.55 Å². The lowest BCUT2D eigenvalue weighted by Crippen LogP contribution is -2.48. The van der Waals surface area contributed by atoms with E-state index in [4.69, 9.17) is 0 Å². The third-order valence-corrected chi connectivity index (χ3v) is 7.49. The summed E-state index contributed by atoms with van der Waals surface area (Å²) in [6.45, 7) is 8.24. The summed E-state index contributed by atoms with van der Waals surface area (Å²) in [5.74, 6) is 0. The molecule has 1 aliphatic heterocycles. The number of rotatable bonds is 3. The van der Waals surface area contributed by atoms with Crippen LogP contribution in [0.1, 0.15) is 50.8 Å². The molecular formula is C18H28N2OS2. The summed E-state index contributed by atoms with van der Waals surface area (Å²) in [6.07, 6.45) is 5.52. The highest BCUT2D eigenvalue weighted by atomic mass is 32.2. The molecule has 5 heteroatoms. The van der Waals surface area contributed by atoms with Crippen molar-refractivity contribution in [3.05, 3.63) is 29.3 Å². The predicted octanol–water partition coefficient (Wildman–Crippen LogP) is 3.43. The molecule has 1 aromatic rings. The zero-order valence-corrected chi connectivity index (χ0v) is 16.2.